The topological polar surface area (TPSA) is 53.1 Å². The van der Waals surface area contributed by atoms with Gasteiger partial charge in [0.15, 0.2) is 0 Å². The summed E-state index contributed by atoms with van der Waals surface area (Å²) in [6.45, 7) is 6.81. The van der Waals surface area contributed by atoms with Crippen LogP contribution in [0.25, 0.3) is 0 Å². The van der Waals surface area contributed by atoms with Crippen LogP contribution in [0.3, 0.4) is 0 Å². The second kappa shape index (κ2) is 7.48. The van der Waals surface area contributed by atoms with Gasteiger partial charge >= 0.3 is 0 Å². The predicted molar refractivity (Wildman–Crippen MR) is 88.4 cm³/mol. The van der Waals surface area contributed by atoms with Crippen molar-refractivity contribution in [2.24, 2.45) is 5.73 Å². The number of aromatic nitrogens is 2. The summed E-state index contributed by atoms with van der Waals surface area (Å²) in [5.41, 5.74) is 10.4. The second-order valence-corrected chi connectivity index (χ2v) is 5.41. The molecule has 2 rings (SSSR count). The molecule has 0 aliphatic rings. The molecule has 1 heterocycles. The lowest BCUT2D eigenvalue weighted by atomic mass is 10.0. The van der Waals surface area contributed by atoms with Crippen LogP contribution in [-0.2, 0) is 13.0 Å². The smallest absolute Gasteiger partial charge is 0.123 e. The van der Waals surface area contributed by atoms with Crippen molar-refractivity contribution in [2.75, 3.05) is 7.11 Å². The van der Waals surface area contributed by atoms with E-state index in [2.05, 4.69) is 30.2 Å². The Kier molecular flexibility index (Phi) is 6.24. The Morgan fingerprint density at radius 1 is 1.29 bits per heavy atom. The standard InChI is InChI=1S/C16H23N3O.ClH/c1-11(17)7-14-5-6-16(20-4)15(9-14)10-19-13(3)8-12(2)18-19;/h5-6,8-9,11H,7,10,17H2,1-4H3;1H. The van der Waals surface area contributed by atoms with Gasteiger partial charge in [0.1, 0.15) is 5.75 Å². The monoisotopic (exact) mass is 309 g/mol. The molecule has 0 aliphatic carbocycles. The van der Waals surface area contributed by atoms with E-state index in [0.29, 0.717) is 0 Å². The van der Waals surface area contributed by atoms with Gasteiger partial charge in [0.25, 0.3) is 0 Å². The minimum atomic E-state index is 0. The van der Waals surface area contributed by atoms with Gasteiger partial charge in [-0.3, -0.25) is 4.68 Å². The Balaban J connectivity index is 0.00000220. The van der Waals surface area contributed by atoms with Crippen LogP contribution in [-0.4, -0.2) is 22.9 Å². The molecular weight excluding hydrogens is 286 g/mol. The summed E-state index contributed by atoms with van der Waals surface area (Å²) >= 11 is 0. The molecule has 1 aromatic carbocycles. The summed E-state index contributed by atoms with van der Waals surface area (Å²) in [6.07, 6.45) is 0.869. The Hall–Kier alpha value is -1.52. The number of methoxy groups -OCH3 is 1. The molecule has 1 atom stereocenters. The van der Waals surface area contributed by atoms with Crippen LogP contribution in [0.15, 0.2) is 24.3 Å². The fourth-order valence-corrected chi connectivity index (χ4v) is 2.45. The molecular formula is C16H24ClN3O. The molecule has 1 unspecified atom stereocenters. The molecule has 5 heteroatoms. The largest absolute Gasteiger partial charge is 0.496 e. The molecule has 21 heavy (non-hydrogen) atoms. The SMILES string of the molecule is COc1ccc(CC(C)N)cc1Cn1nc(C)cc1C.Cl. The van der Waals surface area contributed by atoms with E-state index >= 15 is 0 Å². The number of nitrogens with zero attached hydrogens (tertiary/aromatic N) is 2. The van der Waals surface area contributed by atoms with Crippen molar-refractivity contribution in [3.05, 3.63) is 46.8 Å². The molecule has 0 saturated heterocycles. The normalized spacial score (nSPS) is 11.9. The van der Waals surface area contributed by atoms with Crippen LogP contribution in [0.2, 0.25) is 0 Å². The summed E-state index contributed by atoms with van der Waals surface area (Å²) < 4.78 is 7.45. The summed E-state index contributed by atoms with van der Waals surface area (Å²) in [6, 6.07) is 8.49. The van der Waals surface area contributed by atoms with Gasteiger partial charge in [-0.2, -0.15) is 5.10 Å². The number of ether oxygens (including phenoxy) is 1. The Morgan fingerprint density at radius 3 is 2.52 bits per heavy atom. The zero-order valence-corrected chi connectivity index (χ0v) is 13.9. The van der Waals surface area contributed by atoms with Crippen molar-refractivity contribution in [1.82, 2.24) is 9.78 Å². The highest BCUT2D eigenvalue weighted by molar-refractivity contribution is 5.85. The van der Waals surface area contributed by atoms with E-state index in [1.54, 1.807) is 7.11 Å². The summed E-state index contributed by atoms with van der Waals surface area (Å²) in [7, 11) is 1.70. The van der Waals surface area contributed by atoms with E-state index < -0.39 is 0 Å². The fourth-order valence-electron chi connectivity index (χ4n) is 2.45. The molecule has 116 valence electrons. The van der Waals surface area contributed by atoms with Crippen molar-refractivity contribution in [3.8, 4) is 5.75 Å². The van der Waals surface area contributed by atoms with Crippen molar-refractivity contribution in [3.63, 3.8) is 0 Å². The highest BCUT2D eigenvalue weighted by atomic mass is 35.5. The van der Waals surface area contributed by atoms with E-state index in [1.807, 2.05) is 24.6 Å². The molecule has 2 aromatic rings. The van der Waals surface area contributed by atoms with Crippen LogP contribution >= 0.6 is 12.4 Å². The maximum atomic E-state index is 5.88. The van der Waals surface area contributed by atoms with Gasteiger partial charge in [-0.1, -0.05) is 12.1 Å². The predicted octanol–water partition coefficient (Wildman–Crippen LogP) is 2.87. The third-order valence-electron chi connectivity index (χ3n) is 3.33. The van der Waals surface area contributed by atoms with Crippen LogP contribution in [0.5, 0.6) is 5.75 Å². The number of hydrogen-bond donors (Lipinski definition) is 1. The second-order valence-electron chi connectivity index (χ2n) is 5.41. The lowest BCUT2D eigenvalue weighted by molar-refractivity contribution is 0.407. The van der Waals surface area contributed by atoms with Gasteiger partial charge in [-0.05, 0) is 44.9 Å². The van der Waals surface area contributed by atoms with Gasteiger partial charge in [0, 0.05) is 17.3 Å². The molecule has 0 fully saturated rings. The number of nitrogens with two attached hydrogens (primary N) is 1. The molecule has 0 aliphatic heterocycles. The average molecular weight is 310 g/mol. The summed E-state index contributed by atoms with van der Waals surface area (Å²) in [4.78, 5) is 0. The number of hydrogen-bond acceptors (Lipinski definition) is 3. The molecule has 1 aromatic heterocycles. The van der Waals surface area contributed by atoms with Gasteiger partial charge in [-0.25, -0.2) is 0 Å². The summed E-state index contributed by atoms with van der Waals surface area (Å²) in [5.74, 6) is 0.894. The highest BCUT2D eigenvalue weighted by Gasteiger charge is 2.09. The van der Waals surface area contributed by atoms with E-state index in [-0.39, 0.29) is 18.4 Å². The molecule has 0 amide bonds. The van der Waals surface area contributed by atoms with Crippen molar-refractivity contribution in [1.29, 1.82) is 0 Å². The van der Waals surface area contributed by atoms with Crippen LogP contribution < -0.4 is 10.5 Å². The van der Waals surface area contributed by atoms with Crippen LogP contribution in [0, 0.1) is 13.8 Å². The first kappa shape index (κ1) is 17.5. The molecule has 2 N–H and O–H groups in total. The van der Waals surface area contributed by atoms with E-state index in [1.165, 1.54) is 5.56 Å². The van der Waals surface area contributed by atoms with Crippen molar-refractivity contribution >= 4 is 12.4 Å². The van der Waals surface area contributed by atoms with Gasteiger partial charge < -0.3 is 10.5 Å². The van der Waals surface area contributed by atoms with Crippen molar-refractivity contribution < 1.29 is 4.74 Å². The van der Waals surface area contributed by atoms with E-state index in [9.17, 15) is 0 Å². The highest BCUT2D eigenvalue weighted by Crippen LogP contribution is 2.22. The number of benzene rings is 1. The van der Waals surface area contributed by atoms with E-state index in [0.717, 1.165) is 35.7 Å². The van der Waals surface area contributed by atoms with Crippen LogP contribution in [0.4, 0.5) is 0 Å². The fraction of sp³-hybridized carbons (Fsp3) is 0.438. The molecule has 0 radical (unpaired) electrons. The first-order valence-corrected chi connectivity index (χ1v) is 6.92. The average Bonchev–Trinajstić information content (AvgIpc) is 2.67. The first-order chi connectivity index (χ1) is 9.49. The van der Waals surface area contributed by atoms with Gasteiger partial charge in [0.2, 0.25) is 0 Å². The van der Waals surface area contributed by atoms with Crippen molar-refractivity contribution in [2.45, 2.75) is 39.8 Å². The third kappa shape index (κ3) is 4.48. The van der Waals surface area contributed by atoms with Crippen LogP contribution in [0.1, 0.15) is 29.4 Å². The van der Waals surface area contributed by atoms with Gasteiger partial charge in [0.05, 0.1) is 19.3 Å². The zero-order chi connectivity index (χ0) is 14.7. The first-order valence-electron chi connectivity index (χ1n) is 6.92. The minimum Gasteiger partial charge on any atom is -0.496 e. The Bertz CT molecular complexity index is 593. The molecule has 0 bridgehead atoms. The Labute approximate surface area is 132 Å². The lowest BCUT2D eigenvalue weighted by Crippen LogP contribution is -2.18. The molecule has 4 nitrogen and oxygen atoms in total. The quantitative estimate of drug-likeness (QED) is 0.924. The molecule has 0 spiro atoms. The van der Waals surface area contributed by atoms with E-state index in [4.69, 9.17) is 10.5 Å². The third-order valence-corrected chi connectivity index (χ3v) is 3.33. The number of halogens is 1. The maximum absolute atomic E-state index is 5.88. The number of aryl methyl sites for hydroxylation is 2. The maximum Gasteiger partial charge on any atom is 0.123 e. The lowest BCUT2D eigenvalue weighted by Gasteiger charge is -2.13. The van der Waals surface area contributed by atoms with Gasteiger partial charge in [-0.15, -0.1) is 12.4 Å². The molecule has 0 saturated carbocycles. The number of rotatable bonds is 5. The zero-order valence-electron chi connectivity index (χ0n) is 13.1. The Morgan fingerprint density at radius 2 is 2.00 bits per heavy atom. The summed E-state index contributed by atoms with van der Waals surface area (Å²) in [5, 5.41) is 4.51. The minimum absolute atomic E-state index is 0.